The van der Waals surface area contributed by atoms with Crippen LogP contribution in [0.2, 0.25) is 0 Å². The molecule has 4 aliphatic rings. The average Bonchev–Trinajstić information content (AvgIpc) is 4.09. The molecule has 10 nitrogen and oxygen atoms in total. The normalized spacial score (nSPS) is 16.6. The van der Waals surface area contributed by atoms with Crippen LogP contribution in [0.3, 0.4) is 0 Å². The highest BCUT2D eigenvalue weighted by Crippen LogP contribution is 2.57. The summed E-state index contributed by atoms with van der Waals surface area (Å²) in [4.78, 5) is 1.63. The first-order chi connectivity index (χ1) is 34.7. The molecular formula is C59H52O10P2S. The van der Waals surface area contributed by atoms with Gasteiger partial charge in [0.15, 0.2) is 46.0 Å². The van der Waals surface area contributed by atoms with Crippen LogP contribution in [0.4, 0.5) is 0 Å². The molecule has 0 aromatic heterocycles. The van der Waals surface area contributed by atoms with Gasteiger partial charge in [-0.3, -0.25) is 0 Å². The zero-order valence-corrected chi connectivity index (χ0v) is 43.4. The summed E-state index contributed by atoms with van der Waals surface area (Å²) in [7, 11) is -4.43. The fraction of sp³-hybridized carbons (Fsp3) is 0.220. The van der Waals surface area contributed by atoms with Gasteiger partial charge in [-0.1, -0.05) is 128 Å². The Balaban J connectivity index is 0.955. The molecule has 0 fully saturated rings. The minimum Gasteiger partial charge on any atom is -0.483 e. The maximum atomic E-state index is 7.13. The van der Waals surface area contributed by atoms with E-state index < -0.39 is 34.0 Å². The van der Waals surface area contributed by atoms with E-state index in [9.17, 15) is 0 Å². The molecule has 0 saturated carbocycles. The summed E-state index contributed by atoms with van der Waals surface area (Å²) in [5.74, 6) is 6.39. The zero-order valence-electron chi connectivity index (χ0n) is 40.8. The summed E-state index contributed by atoms with van der Waals surface area (Å²) in [6, 6.07) is 48.2. The molecule has 4 heterocycles. The molecule has 0 aliphatic carbocycles. The molecule has 0 bridgehead atoms. The summed E-state index contributed by atoms with van der Waals surface area (Å²) in [5, 5.41) is 3.94. The lowest BCUT2D eigenvalue weighted by Crippen LogP contribution is -2.24. The quantitative estimate of drug-likeness (QED) is 0.0975. The van der Waals surface area contributed by atoms with Gasteiger partial charge in [-0.05, 0) is 99.5 Å². The summed E-state index contributed by atoms with van der Waals surface area (Å²) < 4.78 is 67.2. The van der Waals surface area contributed by atoms with Crippen molar-refractivity contribution < 1.29 is 46.1 Å². The highest BCUT2D eigenvalue weighted by Gasteiger charge is 2.38. The van der Waals surface area contributed by atoms with E-state index in [1.54, 1.807) is 0 Å². The van der Waals surface area contributed by atoms with E-state index in [0.717, 1.165) is 72.9 Å². The van der Waals surface area contributed by atoms with Crippen LogP contribution in [-0.2, 0) is 25.7 Å². The van der Waals surface area contributed by atoms with Crippen molar-refractivity contribution >= 4 is 50.5 Å². The van der Waals surface area contributed by atoms with Gasteiger partial charge in [0.1, 0.15) is 34.1 Å². The maximum Gasteiger partial charge on any atom is 0.530 e. The summed E-state index contributed by atoms with van der Waals surface area (Å²) in [5.41, 5.74) is 2.91. The van der Waals surface area contributed by atoms with E-state index in [-0.39, 0.29) is 0 Å². The van der Waals surface area contributed by atoms with Crippen molar-refractivity contribution in [2.75, 3.05) is 0 Å². The second kappa shape index (κ2) is 18.1. The second-order valence-electron chi connectivity index (χ2n) is 20.2. The lowest BCUT2D eigenvalue weighted by atomic mass is 10.0. The van der Waals surface area contributed by atoms with Crippen molar-refractivity contribution in [2.45, 2.75) is 93.8 Å². The number of rotatable bonds is 14. The SMILES string of the molecule is C=C1Cc2cccc(OP(Oc3cccc4c3OC(C)(C)C4)Oc3ccc4ccccc4c3Sc3c(OP(Oc4cccc5c4OC(C)(C)C5)Oc4cccc5c4OC(C)(C)C5)ccc4ccccc34)c2O1. The molecule has 72 heavy (non-hydrogen) atoms. The highest BCUT2D eigenvalue weighted by atomic mass is 32.2. The lowest BCUT2D eigenvalue weighted by molar-refractivity contribution is 0.134. The predicted molar refractivity (Wildman–Crippen MR) is 284 cm³/mol. The third kappa shape index (κ3) is 9.19. The number of para-hydroxylation sites is 4. The van der Waals surface area contributed by atoms with E-state index in [0.29, 0.717) is 69.7 Å². The minimum absolute atomic E-state index is 0.404. The van der Waals surface area contributed by atoms with Crippen LogP contribution in [0.15, 0.2) is 168 Å². The van der Waals surface area contributed by atoms with E-state index in [1.165, 1.54) is 11.8 Å². The van der Waals surface area contributed by atoms with Crippen LogP contribution in [0, 0.1) is 0 Å². The Labute approximate surface area is 426 Å². The van der Waals surface area contributed by atoms with Crippen molar-refractivity contribution in [3.63, 3.8) is 0 Å². The van der Waals surface area contributed by atoms with Crippen molar-refractivity contribution in [2.24, 2.45) is 0 Å². The molecule has 1 atom stereocenters. The molecular weight excluding hydrogens is 963 g/mol. The number of allylic oxidation sites excluding steroid dienone is 1. The molecule has 364 valence electrons. The van der Waals surface area contributed by atoms with Gasteiger partial charge in [-0.25, -0.2) is 0 Å². The van der Waals surface area contributed by atoms with E-state index in [1.807, 2.05) is 97.1 Å². The Morgan fingerprint density at radius 1 is 0.403 bits per heavy atom. The molecule has 12 rings (SSSR count). The monoisotopic (exact) mass is 1010 g/mol. The molecule has 0 amide bonds. The van der Waals surface area contributed by atoms with E-state index >= 15 is 0 Å². The molecule has 0 radical (unpaired) electrons. The van der Waals surface area contributed by atoms with Gasteiger partial charge in [-0.2, -0.15) is 0 Å². The van der Waals surface area contributed by atoms with Crippen LogP contribution < -0.4 is 46.1 Å². The number of benzene rings is 8. The van der Waals surface area contributed by atoms with Crippen LogP contribution in [0.5, 0.6) is 57.5 Å². The van der Waals surface area contributed by atoms with Crippen molar-refractivity contribution in [1.82, 2.24) is 0 Å². The third-order valence-electron chi connectivity index (χ3n) is 12.8. The minimum atomic E-state index is -2.22. The van der Waals surface area contributed by atoms with Gasteiger partial charge in [-0.15, -0.1) is 0 Å². The summed E-state index contributed by atoms with van der Waals surface area (Å²) in [6.45, 7) is 16.5. The van der Waals surface area contributed by atoms with Crippen LogP contribution in [0.25, 0.3) is 21.5 Å². The Hall–Kier alpha value is -6.77. The van der Waals surface area contributed by atoms with Gasteiger partial charge in [0.2, 0.25) is 0 Å². The first-order valence-corrected chi connectivity index (χ1v) is 27.0. The van der Waals surface area contributed by atoms with Gasteiger partial charge < -0.3 is 46.1 Å². The Morgan fingerprint density at radius 2 is 0.764 bits per heavy atom. The molecule has 0 spiro atoms. The molecule has 8 aromatic carbocycles. The smallest absolute Gasteiger partial charge is 0.483 e. The molecule has 1 unspecified atom stereocenters. The second-order valence-corrected chi connectivity index (χ2v) is 23.2. The van der Waals surface area contributed by atoms with Gasteiger partial charge in [0, 0.05) is 47.9 Å². The molecule has 0 saturated heterocycles. The Bertz CT molecular complexity index is 3390. The van der Waals surface area contributed by atoms with Crippen LogP contribution >= 0.6 is 29.0 Å². The average molecular weight is 1020 g/mol. The topological polar surface area (TPSA) is 92.3 Å². The predicted octanol–water partition coefficient (Wildman–Crippen LogP) is 16.3. The van der Waals surface area contributed by atoms with E-state index in [4.69, 9.17) is 46.1 Å². The van der Waals surface area contributed by atoms with Crippen molar-refractivity contribution in [1.29, 1.82) is 0 Å². The van der Waals surface area contributed by atoms with Gasteiger partial charge >= 0.3 is 17.2 Å². The van der Waals surface area contributed by atoms with Crippen molar-refractivity contribution in [3.8, 4) is 57.5 Å². The number of hydrogen-bond acceptors (Lipinski definition) is 11. The summed E-state index contributed by atoms with van der Waals surface area (Å²) in [6.07, 6.45) is 2.80. The maximum absolute atomic E-state index is 7.13. The number of fused-ring (bicyclic) bond motifs is 6. The van der Waals surface area contributed by atoms with Crippen LogP contribution in [0.1, 0.15) is 63.8 Å². The third-order valence-corrected chi connectivity index (χ3v) is 16.1. The Kier molecular flexibility index (Phi) is 11.6. The number of ether oxygens (including phenoxy) is 4. The molecule has 4 aliphatic heterocycles. The first-order valence-electron chi connectivity index (χ1n) is 24.0. The fourth-order valence-electron chi connectivity index (χ4n) is 9.75. The van der Waals surface area contributed by atoms with Crippen molar-refractivity contribution in [3.05, 3.63) is 180 Å². The van der Waals surface area contributed by atoms with Gasteiger partial charge in [0.25, 0.3) is 0 Å². The Morgan fingerprint density at radius 3 is 1.18 bits per heavy atom. The molecule has 0 N–H and O–H groups in total. The zero-order chi connectivity index (χ0) is 49.4. The van der Waals surface area contributed by atoms with Crippen LogP contribution in [-0.4, -0.2) is 16.8 Å². The lowest BCUT2D eigenvalue weighted by Gasteiger charge is -2.24. The highest BCUT2D eigenvalue weighted by molar-refractivity contribution is 8.00. The number of hydrogen-bond donors (Lipinski definition) is 0. The molecule has 13 heteroatoms. The molecule has 8 aromatic rings. The first kappa shape index (κ1) is 46.3. The standard InChI is InChI=1S/C59H52O10P2S/c1-36-32-39-18-12-24-45(51(39)60-36)64-70(65-46-25-13-19-40-33-57(2,3)61-52(40)46)68-49-30-28-37-16-8-10-22-43(37)55(49)72-56-44-23-11-9-17-38(44)29-31-50(56)69-71(66-47-26-14-20-41-34-58(4,5)62-53(41)47)67-48-27-15-21-42-35-59(6,7)63-54(42)48/h8-31H,1,32-35H2,2-7H3. The van der Waals surface area contributed by atoms with E-state index in [2.05, 4.69) is 96.7 Å². The summed E-state index contributed by atoms with van der Waals surface area (Å²) >= 11 is 1.53. The van der Waals surface area contributed by atoms with Gasteiger partial charge in [0.05, 0.1) is 9.79 Å². The fourth-order valence-corrected chi connectivity index (χ4v) is 13.2. The largest absolute Gasteiger partial charge is 0.530 e.